The summed E-state index contributed by atoms with van der Waals surface area (Å²) in [6, 6.07) is 11.0. The Labute approximate surface area is 114 Å². The van der Waals surface area contributed by atoms with E-state index in [1.165, 1.54) is 25.3 Å². The molecule has 0 radical (unpaired) electrons. The van der Waals surface area contributed by atoms with Crippen LogP contribution in [0.3, 0.4) is 0 Å². The number of carboxylic acids is 1. The van der Waals surface area contributed by atoms with Crippen molar-refractivity contribution in [3.05, 3.63) is 58.1 Å². The lowest BCUT2D eigenvalue weighted by Crippen LogP contribution is -2.02. The van der Waals surface area contributed by atoms with Gasteiger partial charge in [0.1, 0.15) is 11.3 Å². The molecule has 6 heteroatoms. The summed E-state index contributed by atoms with van der Waals surface area (Å²) in [5.41, 5.74) is 0.504. The van der Waals surface area contributed by atoms with Crippen LogP contribution in [0.1, 0.15) is 10.4 Å². The topological polar surface area (TPSA) is 89.7 Å². The van der Waals surface area contributed by atoms with Crippen molar-refractivity contribution >= 4 is 11.7 Å². The first-order valence-electron chi connectivity index (χ1n) is 5.69. The van der Waals surface area contributed by atoms with Gasteiger partial charge in [0.25, 0.3) is 5.69 Å². The number of methoxy groups -OCH3 is 1. The lowest BCUT2D eigenvalue weighted by molar-refractivity contribution is -0.385. The van der Waals surface area contributed by atoms with E-state index >= 15 is 0 Å². The van der Waals surface area contributed by atoms with Crippen molar-refractivity contribution in [1.82, 2.24) is 0 Å². The standard InChI is InChI=1S/C14H11NO5/c1-20-11-4-2-3-9(7-11)10-5-6-12(14(16)17)13(8-10)15(18)19/h2-8H,1H3,(H,16,17). The third-order valence-corrected chi connectivity index (χ3v) is 2.83. The average Bonchev–Trinajstić information content (AvgIpc) is 2.46. The minimum absolute atomic E-state index is 0.332. The maximum absolute atomic E-state index is 11.0. The fourth-order valence-corrected chi connectivity index (χ4v) is 1.85. The fourth-order valence-electron chi connectivity index (χ4n) is 1.85. The molecule has 0 fully saturated rings. The molecule has 0 aromatic heterocycles. The molecule has 0 atom stereocenters. The van der Waals surface area contributed by atoms with Gasteiger partial charge in [-0.15, -0.1) is 0 Å². The Morgan fingerprint density at radius 2 is 1.90 bits per heavy atom. The molecule has 20 heavy (non-hydrogen) atoms. The lowest BCUT2D eigenvalue weighted by atomic mass is 10.0. The van der Waals surface area contributed by atoms with Crippen LogP contribution in [0, 0.1) is 10.1 Å². The zero-order chi connectivity index (χ0) is 14.7. The largest absolute Gasteiger partial charge is 0.497 e. The quantitative estimate of drug-likeness (QED) is 0.683. The highest BCUT2D eigenvalue weighted by molar-refractivity contribution is 5.93. The predicted octanol–water partition coefficient (Wildman–Crippen LogP) is 2.97. The molecule has 102 valence electrons. The van der Waals surface area contributed by atoms with Gasteiger partial charge in [-0.25, -0.2) is 4.79 Å². The second-order valence-corrected chi connectivity index (χ2v) is 4.03. The zero-order valence-corrected chi connectivity index (χ0v) is 10.6. The summed E-state index contributed by atoms with van der Waals surface area (Å²) >= 11 is 0. The second-order valence-electron chi connectivity index (χ2n) is 4.03. The van der Waals surface area contributed by atoms with Crippen LogP contribution in [0.25, 0.3) is 11.1 Å². The number of carbonyl (C=O) groups is 1. The van der Waals surface area contributed by atoms with Gasteiger partial charge in [-0.2, -0.15) is 0 Å². The van der Waals surface area contributed by atoms with Crippen molar-refractivity contribution in [3.63, 3.8) is 0 Å². The third kappa shape index (κ3) is 2.59. The number of hydrogen-bond acceptors (Lipinski definition) is 4. The van der Waals surface area contributed by atoms with E-state index in [2.05, 4.69) is 0 Å². The summed E-state index contributed by atoms with van der Waals surface area (Å²) in [4.78, 5) is 21.2. The molecule has 0 spiro atoms. The number of aromatic carboxylic acids is 1. The van der Waals surface area contributed by atoms with Crippen LogP contribution in [0.15, 0.2) is 42.5 Å². The minimum Gasteiger partial charge on any atom is -0.497 e. The number of nitro benzene ring substituents is 1. The summed E-state index contributed by atoms with van der Waals surface area (Å²) in [7, 11) is 1.52. The first-order valence-corrected chi connectivity index (χ1v) is 5.69. The average molecular weight is 273 g/mol. The molecule has 0 aliphatic rings. The van der Waals surface area contributed by atoms with E-state index in [4.69, 9.17) is 9.84 Å². The van der Waals surface area contributed by atoms with E-state index < -0.39 is 16.6 Å². The van der Waals surface area contributed by atoms with Crippen LogP contribution >= 0.6 is 0 Å². The number of nitro groups is 1. The molecule has 0 amide bonds. The molecule has 0 saturated carbocycles. The Balaban J connectivity index is 2.55. The van der Waals surface area contributed by atoms with Gasteiger partial charge < -0.3 is 9.84 Å². The number of hydrogen-bond donors (Lipinski definition) is 1. The van der Waals surface area contributed by atoms with Gasteiger partial charge in [-0.05, 0) is 29.3 Å². The van der Waals surface area contributed by atoms with Crippen LogP contribution < -0.4 is 4.74 Å². The molecular weight excluding hydrogens is 262 g/mol. The third-order valence-electron chi connectivity index (χ3n) is 2.83. The molecule has 2 aromatic rings. The summed E-state index contributed by atoms with van der Waals surface area (Å²) in [5.74, 6) is -0.707. The van der Waals surface area contributed by atoms with Gasteiger partial charge in [0.2, 0.25) is 0 Å². The maximum Gasteiger partial charge on any atom is 0.342 e. The number of rotatable bonds is 4. The molecule has 1 N–H and O–H groups in total. The van der Waals surface area contributed by atoms with Crippen molar-refractivity contribution in [2.45, 2.75) is 0 Å². The highest BCUT2D eigenvalue weighted by Crippen LogP contribution is 2.29. The summed E-state index contributed by atoms with van der Waals surface area (Å²) in [6.07, 6.45) is 0. The molecule has 6 nitrogen and oxygen atoms in total. The number of carboxylic acid groups (broad SMARTS) is 1. The molecule has 0 saturated heterocycles. The summed E-state index contributed by atoms with van der Waals surface area (Å²) in [5, 5.41) is 19.9. The molecule has 2 aromatic carbocycles. The van der Waals surface area contributed by atoms with E-state index in [1.54, 1.807) is 24.3 Å². The fraction of sp³-hybridized carbons (Fsp3) is 0.0714. The van der Waals surface area contributed by atoms with Crippen LogP contribution in [-0.2, 0) is 0 Å². The number of nitrogens with zero attached hydrogens (tertiary/aromatic N) is 1. The number of ether oxygens (including phenoxy) is 1. The second kappa shape index (κ2) is 5.40. The van der Waals surface area contributed by atoms with Crippen LogP contribution in [0.5, 0.6) is 5.75 Å². The van der Waals surface area contributed by atoms with Crippen molar-refractivity contribution in [2.75, 3.05) is 7.11 Å². The Bertz CT molecular complexity index is 681. The normalized spacial score (nSPS) is 10.1. The van der Waals surface area contributed by atoms with Gasteiger partial charge in [-0.1, -0.05) is 18.2 Å². The summed E-state index contributed by atoms with van der Waals surface area (Å²) < 4.78 is 5.09. The van der Waals surface area contributed by atoms with Gasteiger partial charge in [0, 0.05) is 6.07 Å². The van der Waals surface area contributed by atoms with Gasteiger partial charge in [0.05, 0.1) is 12.0 Å². The zero-order valence-electron chi connectivity index (χ0n) is 10.6. The lowest BCUT2D eigenvalue weighted by Gasteiger charge is -2.06. The molecule has 0 aliphatic carbocycles. The van der Waals surface area contributed by atoms with E-state index in [-0.39, 0.29) is 5.56 Å². The van der Waals surface area contributed by atoms with Crippen LogP contribution in [0.2, 0.25) is 0 Å². The van der Waals surface area contributed by atoms with Gasteiger partial charge in [-0.3, -0.25) is 10.1 Å². The molecule has 2 rings (SSSR count). The van der Waals surface area contributed by atoms with Crippen molar-refractivity contribution in [2.24, 2.45) is 0 Å². The monoisotopic (exact) mass is 273 g/mol. The number of benzene rings is 2. The Kier molecular flexibility index (Phi) is 3.65. The van der Waals surface area contributed by atoms with E-state index in [1.807, 2.05) is 0 Å². The molecule has 0 aliphatic heterocycles. The summed E-state index contributed by atoms with van der Waals surface area (Å²) in [6.45, 7) is 0. The van der Waals surface area contributed by atoms with E-state index in [0.717, 1.165) is 0 Å². The van der Waals surface area contributed by atoms with E-state index in [9.17, 15) is 14.9 Å². The highest BCUT2D eigenvalue weighted by atomic mass is 16.6. The molecule has 0 bridgehead atoms. The Hall–Kier alpha value is -2.89. The molecule has 0 heterocycles. The SMILES string of the molecule is COc1cccc(-c2ccc(C(=O)O)c([N+](=O)[O-])c2)c1. The Morgan fingerprint density at radius 1 is 1.20 bits per heavy atom. The molecule has 0 unspecified atom stereocenters. The Morgan fingerprint density at radius 3 is 2.50 bits per heavy atom. The van der Waals surface area contributed by atoms with Crippen LogP contribution in [-0.4, -0.2) is 23.1 Å². The first kappa shape index (κ1) is 13.5. The predicted molar refractivity (Wildman–Crippen MR) is 72.0 cm³/mol. The van der Waals surface area contributed by atoms with Gasteiger partial charge in [0.15, 0.2) is 0 Å². The first-order chi connectivity index (χ1) is 9.52. The van der Waals surface area contributed by atoms with Crippen molar-refractivity contribution < 1.29 is 19.6 Å². The molecular formula is C14H11NO5. The van der Waals surface area contributed by atoms with Gasteiger partial charge >= 0.3 is 5.97 Å². The van der Waals surface area contributed by atoms with Crippen molar-refractivity contribution in [1.29, 1.82) is 0 Å². The smallest absolute Gasteiger partial charge is 0.342 e. The van der Waals surface area contributed by atoms with Crippen molar-refractivity contribution in [3.8, 4) is 16.9 Å². The maximum atomic E-state index is 11.0. The minimum atomic E-state index is -1.33. The van der Waals surface area contributed by atoms with E-state index in [0.29, 0.717) is 16.9 Å². The highest BCUT2D eigenvalue weighted by Gasteiger charge is 2.20. The van der Waals surface area contributed by atoms with Crippen LogP contribution in [0.4, 0.5) is 5.69 Å².